The van der Waals surface area contributed by atoms with Crippen LogP contribution in [0.2, 0.25) is 0 Å². The Kier molecular flexibility index (Phi) is 4.45. The topological polar surface area (TPSA) is 101 Å². The number of hydrogen-bond acceptors (Lipinski definition) is 4. The van der Waals surface area contributed by atoms with Gasteiger partial charge in [-0.2, -0.15) is 0 Å². The van der Waals surface area contributed by atoms with Crippen LogP contribution in [-0.2, 0) is 0 Å². The molecule has 2 aromatic carbocycles. The number of rotatable bonds is 4. The van der Waals surface area contributed by atoms with E-state index in [4.69, 9.17) is 14.9 Å². The van der Waals surface area contributed by atoms with E-state index in [1.54, 1.807) is 26.0 Å². The monoisotopic (exact) mass is 313 g/mol. The molecule has 23 heavy (non-hydrogen) atoms. The van der Waals surface area contributed by atoms with Crippen LogP contribution in [-0.4, -0.2) is 28.1 Å². The van der Waals surface area contributed by atoms with E-state index < -0.39 is 29.0 Å². The molecular weight excluding hydrogens is 300 g/mol. The smallest absolute Gasteiger partial charge is 0.343 e. The van der Waals surface area contributed by atoms with Crippen molar-refractivity contribution < 1.29 is 29.3 Å². The maximum atomic E-state index is 12.2. The third-order valence-electron chi connectivity index (χ3n) is 3.23. The van der Waals surface area contributed by atoms with Crippen molar-refractivity contribution in [2.75, 3.05) is 0 Å². The van der Waals surface area contributed by atoms with Crippen molar-refractivity contribution >= 4 is 17.9 Å². The van der Waals surface area contributed by atoms with Crippen LogP contribution < -0.4 is 4.74 Å². The van der Waals surface area contributed by atoms with Crippen LogP contribution in [0.25, 0.3) is 0 Å². The molecule has 0 saturated carbocycles. The lowest BCUT2D eigenvalue weighted by Crippen LogP contribution is -2.14. The summed E-state index contributed by atoms with van der Waals surface area (Å²) in [5.74, 6) is -3.21. The summed E-state index contributed by atoms with van der Waals surface area (Å²) >= 11 is 0. The van der Waals surface area contributed by atoms with Crippen LogP contribution in [0.3, 0.4) is 0 Å². The minimum atomic E-state index is -1.43. The molecule has 0 unspecified atom stereocenters. The Balaban J connectivity index is 2.39. The molecule has 0 bridgehead atoms. The molecule has 0 atom stereocenters. The van der Waals surface area contributed by atoms with Crippen molar-refractivity contribution in [2.45, 2.75) is 13.8 Å². The number of hydrogen-bond donors (Lipinski definition) is 2. The summed E-state index contributed by atoms with van der Waals surface area (Å²) in [4.78, 5) is 34.4. The van der Waals surface area contributed by atoms with Crippen LogP contribution in [0.4, 0.5) is 0 Å². The van der Waals surface area contributed by atoms with E-state index in [1.807, 2.05) is 0 Å². The van der Waals surface area contributed by atoms with E-state index in [-0.39, 0.29) is 5.56 Å². The standard InChI is InChI=1S/C17H13O6/c1-9-4-3-5-10(2)14(9)23-17(22)11-6-7-12(15(18)19)13(8-11)16(20)21/h4-8H,1-2H3,(H,18,19)(H,20,21). The molecule has 1 radical (unpaired) electrons. The third kappa shape index (κ3) is 3.37. The van der Waals surface area contributed by atoms with E-state index in [2.05, 4.69) is 6.07 Å². The molecular formula is C17H13O6. The Labute approximate surface area is 131 Å². The van der Waals surface area contributed by atoms with Gasteiger partial charge in [0, 0.05) is 0 Å². The lowest BCUT2D eigenvalue weighted by Gasteiger charge is -2.11. The maximum Gasteiger partial charge on any atom is 0.343 e. The summed E-state index contributed by atoms with van der Waals surface area (Å²) in [6, 6.07) is 9.49. The summed E-state index contributed by atoms with van der Waals surface area (Å²) in [7, 11) is 0. The number of carbonyl (C=O) groups excluding carboxylic acids is 1. The quantitative estimate of drug-likeness (QED) is 0.665. The van der Waals surface area contributed by atoms with Gasteiger partial charge < -0.3 is 14.9 Å². The SMILES string of the molecule is Cc1c[c]cc(C)c1OC(=O)c1ccc(C(=O)O)c(C(=O)O)c1. The van der Waals surface area contributed by atoms with E-state index in [1.165, 1.54) is 6.07 Å². The lowest BCUT2D eigenvalue weighted by molar-refractivity contribution is 0.0650. The zero-order valence-corrected chi connectivity index (χ0v) is 12.4. The molecule has 0 spiro atoms. The average molecular weight is 313 g/mol. The van der Waals surface area contributed by atoms with Crippen LogP contribution in [0, 0.1) is 19.9 Å². The zero-order chi connectivity index (χ0) is 17.1. The largest absolute Gasteiger partial charge is 0.478 e. The number of carbonyl (C=O) groups is 3. The highest BCUT2D eigenvalue weighted by atomic mass is 16.5. The number of carboxylic acid groups (broad SMARTS) is 2. The molecule has 0 heterocycles. The molecule has 2 aromatic rings. The molecule has 0 aliphatic rings. The van der Waals surface area contributed by atoms with Gasteiger partial charge in [-0.05, 0) is 61.4 Å². The highest BCUT2D eigenvalue weighted by molar-refractivity contribution is 6.04. The van der Waals surface area contributed by atoms with Gasteiger partial charge in [-0.3, -0.25) is 0 Å². The molecule has 0 saturated heterocycles. The first-order valence-corrected chi connectivity index (χ1v) is 6.61. The van der Waals surface area contributed by atoms with Gasteiger partial charge in [0.05, 0.1) is 16.7 Å². The average Bonchev–Trinajstić information content (AvgIpc) is 2.50. The molecule has 0 aromatic heterocycles. The Bertz CT molecular complexity index is 786. The van der Waals surface area contributed by atoms with Crippen molar-refractivity contribution in [3.63, 3.8) is 0 Å². The number of aromatic carboxylic acids is 2. The minimum Gasteiger partial charge on any atom is -0.478 e. The van der Waals surface area contributed by atoms with Crippen LogP contribution >= 0.6 is 0 Å². The maximum absolute atomic E-state index is 12.2. The van der Waals surface area contributed by atoms with Crippen molar-refractivity contribution in [1.29, 1.82) is 0 Å². The number of aryl methyl sites for hydroxylation is 2. The second-order valence-corrected chi connectivity index (χ2v) is 4.91. The first kappa shape index (κ1) is 16.2. The molecule has 0 aliphatic carbocycles. The fourth-order valence-electron chi connectivity index (χ4n) is 2.08. The molecule has 0 aliphatic heterocycles. The van der Waals surface area contributed by atoms with E-state index in [0.717, 1.165) is 12.1 Å². The van der Waals surface area contributed by atoms with Crippen LogP contribution in [0.1, 0.15) is 42.2 Å². The Morgan fingerprint density at radius 2 is 1.52 bits per heavy atom. The molecule has 0 amide bonds. The van der Waals surface area contributed by atoms with Gasteiger partial charge in [0.2, 0.25) is 0 Å². The second-order valence-electron chi connectivity index (χ2n) is 4.91. The van der Waals surface area contributed by atoms with E-state index in [0.29, 0.717) is 16.9 Å². The summed E-state index contributed by atoms with van der Waals surface area (Å²) in [5, 5.41) is 18.0. The Hall–Kier alpha value is -3.15. The lowest BCUT2D eigenvalue weighted by atomic mass is 10.0. The van der Waals surface area contributed by atoms with Gasteiger partial charge in [0.25, 0.3) is 0 Å². The Morgan fingerprint density at radius 3 is 2.04 bits per heavy atom. The van der Waals surface area contributed by atoms with Crippen molar-refractivity contribution in [2.24, 2.45) is 0 Å². The van der Waals surface area contributed by atoms with Crippen LogP contribution in [0.5, 0.6) is 5.75 Å². The van der Waals surface area contributed by atoms with E-state index in [9.17, 15) is 14.4 Å². The summed E-state index contributed by atoms with van der Waals surface area (Å²) in [6.45, 7) is 3.50. The van der Waals surface area contributed by atoms with Gasteiger partial charge in [-0.15, -0.1) is 0 Å². The normalized spacial score (nSPS) is 10.2. The highest BCUT2D eigenvalue weighted by Crippen LogP contribution is 2.23. The van der Waals surface area contributed by atoms with Crippen molar-refractivity contribution in [1.82, 2.24) is 0 Å². The third-order valence-corrected chi connectivity index (χ3v) is 3.23. The fourth-order valence-corrected chi connectivity index (χ4v) is 2.08. The van der Waals surface area contributed by atoms with Gasteiger partial charge in [0.15, 0.2) is 0 Å². The van der Waals surface area contributed by atoms with E-state index >= 15 is 0 Å². The number of carboxylic acids is 2. The summed E-state index contributed by atoms with van der Waals surface area (Å²) in [6.07, 6.45) is 0. The van der Waals surface area contributed by atoms with Gasteiger partial charge in [-0.1, -0.05) is 0 Å². The predicted octanol–water partition coefficient (Wildman–Crippen LogP) is 2.72. The molecule has 6 nitrogen and oxygen atoms in total. The number of ether oxygens (including phenoxy) is 1. The fraction of sp³-hybridized carbons (Fsp3) is 0.118. The van der Waals surface area contributed by atoms with Crippen molar-refractivity contribution in [3.8, 4) is 5.75 Å². The predicted molar refractivity (Wildman–Crippen MR) is 80.1 cm³/mol. The van der Waals surface area contributed by atoms with Gasteiger partial charge >= 0.3 is 17.9 Å². The summed E-state index contributed by atoms with van der Waals surface area (Å²) in [5.41, 5.74) is 0.509. The molecule has 2 rings (SSSR count). The molecule has 2 N–H and O–H groups in total. The molecule has 6 heteroatoms. The zero-order valence-electron chi connectivity index (χ0n) is 12.4. The molecule has 0 fully saturated rings. The van der Waals surface area contributed by atoms with Gasteiger partial charge in [0.1, 0.15) is 5.75 Å². The number of benzene rings is 2. The second kappa shape index (κ2) is 6.31. The Morgan fingerprint density at radius 1 is 0.957 bits per heavy atom. The van der Waals surface area contributed by atoms with Crippen molar-refractivity contribution in [3.05, 3.63) is 64.2 Å². The first-order valence-electron chi connectivity index (χ1n) is 6.61. The highest BCUT2D eigenvalue weighted by Gasteiger charge is 2.20. The van der Waals surface area contributed by atoms with Crippen LogP contribution in [0.15, 0.2) is 30.3 Å². The first-order chi connectivity index (χ1) is 10.8. The molecule has 117 valence electrons. The number of esters is 1. The minimum absolute atomic E-state index is 0.0426. The van der Waals surface area contributed by atoms with Gasteiger partial charge in [-0.25, -0.2) is 14.4 Å². The summed E-state index contributed by atoms with van der Waals surface area (Å²) < 4.78 is 5.30.